The van der Waals surface area contributed by atoms with Crippen molar-refractivity contribution in [3.8, 4) is 0 Å². The second-order valence-corrected chi connectivity index (χ2v) is 6.14. The molecule has 130 valence electrons. The van der Waals surface area contributed by atoms with Crippen molar-refractivity contribution in [2.45, 2.75) is 19.8 Å². The van der Waals surface area contributed by atoms with Gasteiger partial charge in [-0.3, -0.25) is 4.79 Å². The first-order chi connectivity index (χ1) is 10.3. The smallest absolute Gasteiger partial charge is 0.227 e. The standard InChI is InChI=1S/C17H25N3O.2ClH/c1-14-5-2-3-7-16(14)19-9-11-20(12-10-19)17(21)15-6-4-8-18-13-15;;/h2-3,5,7,15,18H,4,6,8-13H2,1H3;2*1H/t15-;;/m1../s1. The summed E-state index contributed by atoms with van der Waals surface area (Å²) in [5.74, 6) is 0.551. The number of hydrogen-bond acceptors (Lipinski definition) is 3. The number of para-hydroxylation sites is 1. The molecule has 2 heterocycles. The average molecular weight is 360 g/mol. The number of carbonyl (C=O) groups excluding carboxylic acids is 1. The molecule has 3 rings (SSSR count). The molecule has 4 nitrogen and oxygen atoms in total. The molecular formula is C17H27Cl2N3O. The van der Waals surface area contributed by atoms with Crippen LogP contribution in [0.3, 0.4) is 0 Å². The van der Waals surface area contributed by atoms with E-state index in [1.54, 1.807) is 0 Å². The fourth-order valence-electron chi connectivity index (χ4n) is 3.41. The Morgan fingerprint density at radius 3 is 2.43 bits per heavy atom. The fourth-order valence-corrected chi connectivity index (χ4v) is 3.41. The summed E-state index contributed by atoms with van der Waals surface area (Å²) in [5, 5.41) is 3.34. The summed E-state index contributed by atoms with van der Waals surface area (Å²) in [6.07, 6.45) is 2.17. The molecule has 2 fully saturated rings. The van der Waals surface area contributed by atoms with Gasteiger partial charge in [0.1, 0.15) is 0 Å². The highest BCUT2D eigenvalue weighted by atomic mass is 35.5. The lowest BCUT2D eigenvalue weighted by atomic mass is 9.98. The number of benzene rings is 1. The Morgan fingerprint density at radius 2 is 1.83 bits per heavy atom. The lowest BCUT2D eigenvalue weighted by molar-refractivity contribution is -0.136. The van der Waals surface area contributed by atoms with E-state index in [0.29, 0.717) is 5.91 Å². The molecule has 1 N–H and O–H groups in total. The van der Waals surface area contributed by atoms with Crippen molar-refractivity contribution < 1.29 is 4.79 Å². The zero-order valence-corrected chi connectivity index (χ0v) is 15.3. The van der Waals surface area contributed by atoms with Crippen LogP contribution in [-0.2, 0) is 4.79 Å². The van der Waals surface area contributed by atoms with Crippen LogP contribution in [0.1, 0.15) is 18.4 Å². The maximum atomic E-state index is 12.5. The summed E-state index contributed by atoms with van der Waals surface area (Å²) in [5.41, 5.74) is 2.62. The molecule has 0 unspecified atom stereocenters. The van der Waals surface area contributed by atoms with Crippen LogP contribution >= 0.6 is 24.8 Å². The van der Waals surface area contributed by atoms with Gasteiger partial charge >= 0.3 is 0 Å². The van der Waals surface area contributed by atoms with Crippen LogP contribution in [0.15, 0.2) is 24.3 Å². The van der Waals surface area contributed by atoms with Gasteiger partial charge in [-0.05, 0) is 37.9 Å². The molecule has 6 heteroatoms. The quantitative estimate of drug-likeness (QED) is 0.880. The zero-order chi connectivity index (χ0) is 14.7. The number of aryl methyl sites for hydroxylation is 1. The van der Waals surface area contributed by atoms with E-state index < -0.39 is 0 Å². The van der Waals surface area contributed by atoms with Crippen molar-refractivity contribution in [3.05, 3.63) is 29.8 Å². The highest BCUT2D eigenvalue weighted by molar-refractivity contribution is 5.85. The van der Waals surface area contributed by atoms with Gasteiger partial charge in [0.25, 0.3) is 0 Å². The van der Waals surface area contributed by atoms with Gasteiger partial charge in [-0.2, -0.15) is 0 Å². The molecule has 1 aromatic rings. The molecule has 2 saturated heterocycles. The van der Waals surface area contributed by atoms with E-state index in [9.17, 15) is 4.79 Å². The Morgan fingerprint density at radius 1 is 1.13 bits per heavy atom. The fraction of sp³-hybridized carbons (Fsp3) is 0.588. The number of amides is 1. The molecule has 0 bridgehead atoms. The van der Waals surface area contributed by atoms with Gasteiger partial charge in [-0.15, -0.1) is 24.8 Å². The summed E-state index contributed by atoms with van der Waals surface area (Å²) in [6.45, 7) is 7.66. The second kappa shape index (κ2) is 9.36. The minimum Gasteiger partial charge on any atom is -0.368 e. The van der Waals surface area contributed by atoms with Crippen LogP contribution in [0.5, 0.6) is 0 Å². The van der Waals surface area contributed by atoms with E-state index >= 15 is 0 Å². The SMILES string of the molecule is Cc1ccccc1N1CCN(C(=O)[C@@H]2CCCNC2)CC1.Cl.Cl. The average Bonchev–Trinajstić information content (AvgIpc) is 2.56. The Bertz CT molecular complexity index is 498. The molecule has 1 aromatic carbocycles. The van der Waals surface area contributed by atoms with Crippen molar-refractivity contribution in [2.24, 2.45) is 5.92 Å². The topological polar surface area (TPSA) is 35.6 Å². The third-order valence-corrected chi connectivity index (χ3v) is 4.69. The van der Waals surface area contributed by atoms with Gasteiger partial charge < -0.3 is 15.1 Å². The van der Waals surface area contributed by atoms with Gasteiger partial charge in [-0.1, -0.05) is 18.2 Å². The summed E-state index contributed by atoms with van der Waals surface area (Å²) in [6, 6.07) is 8.50. The Balaban J connectivity index is 0.00000132. The molecule has 0 aliphatic carbocycles. The first kappa shape index (κ1) is 20.1. The number of hydrogen-bond donors (Lipinski definition) is 1. The first-order valence-electron chi connectivity index (χ1n) is 8.06. The predicted molar refractivity (Wildman–Crippen MR) is 100 cm³/mol. The number of nitrogens with one attached hydrogen (secondary N) is 1. The zero-order valence-electron chi connectivity index (χ0n) is 13.7. The second-order valence-electron chi connectivity index (χ2n) is 6.14. The first-order valence-corrected chi connectivity index (χ1v) is 8.06. The van der Waals surface area contributed by atoms with Gasteiger partial charge in [0.2, 0.25) is 5.91 Å². The highest BCUT2D eigenvalue weighted by Gasteiger charge is 2.28. The number of rotatable bonds is 2. The number of piperidine rings is 1. The van der Waals surface area contributed by atoms with Crippen LogP contribution in [0, 0.1) is 12.8 Å². The molecular weight excluding hydrogens is 333 g/mol. The number of piperazine rings is 1. The third kappa shape index (κ3) is 4.75. The van der Waals surface area contributed by atoms with Crippen LogP contribution in [-0.4, -0.2) is 50.1 Å². The molecule has 1 atom stereocenters. The largest absolute Gasteiger partial charge is 0.368 e. The van der Waals surface area contributed by atoms with E-state index in [0.717, 1.165) is 52.1 Å². The molecule has 2 aliphatic heterocycles. The third-order valence-electron chi connectivity index (χ3n) is 4.69. The maximum Gasteiger partial charge on any atom is 0.227 e. The summed E-state index contributed by atoms with van der Waals surface area (Å²) >= 11 is 0. The molecule has 23 heavy (non-hydrogen) atoms. The van der Waals surface area contributed by atoms with Crippen molar-refractivity contribution in [3.63, 3.8) is 0 Å². The molecule has 2 aliphatic rings. The molecule has 0 spiro atoms. The Kier molecular flexibility index (Phi) is 8.17. The van der Waals surface area contributed by atoms with Crippen LogP contribution in [0.4, 0.5) is 5.69 Å². The monoisotopic (exact) mass is 359 g/mol. The van der Waals surface area contributed by atoms with Crippen LogP contribution < -0.4 is 10.2 Å². The Hall–Kier alpha value is -0.970. The number of anilines is 1. The van der Waals surface area contributed by atoms with Crippen LogP contribution in [0.25, 0.3) is 0 Å². The lowest BCUT2D eigenvalue weighted by Gasteiger charge is -2.38. The number of nitrogens with zero attached hydrogens (tertiary/aromatic N) is 2. The van der Waals surface area contributed by atoms with Crippen molar-refractivity contribution >= 4 is 36.4 Å². The maximum absolute atomic E-state index is 12.5. The van der Waals surface area contributed by atoms with Gasteiger partial charge in [0.15, 0.2) is 0 Å². The highest BCUT2D eigenvalue weighted by Crippen LogP contribution is 2.22. The van der Waals surface area contributed by atoms with Crippen molar-refractivity contribution in [1.29, 1.82) is 0 Å². The minimum atomic E-state index is 0. The van der Waals surface area contributed by atoms with Crippen molar-refractivity contribution in [1.82, 2.24) is 10.2 Å². The minimum absolute atomic E-state index is 0. The molecule has 0 aromatic heterocycles. The molecule has 0 saturated carbocycles. The van der Waals surface area contributed by atoms with E-state index in [4.69, 9.17) is 0 Å². The summed E-state index contributed by atoms with van der Waals surface area (Å²) in [7, 11) is 0. The van der Waals surface area contributed by atoms with E-state index in [1.807, 2.05) is 0 Å². The van der Waals surface area contributed by atoms with Crippen molar-refractivity contribution in [2.75, 3.05) is 44.2 Å². The summed E-state index contributed by atoms with van der Waals surface area (Å²) < 4.78 is 0. The van der Waals surface area contributed by atoms with Gasteiger partial charge in [0, 0.05) is 38.4 Å². The lowest BCUT2D eigenvalue weighted by Crippen LogP contribution is -2.52. The normalized spacial score (nSPS) is 21.2. The number of carbonyl (C=O) groups is 1. The van der Waals surface area contributed by atoms with Gasteiger partial charge in [-0.25, -0.2) is 0 Å². The van der Waals surface area contributed by atoms with E-state index in [2.05, 4.69) is 46.3 Å². The number of halogens is 2. The summed E-state index contributed by atoms with van der Waals surface area (Å²) in [4.78, 5) is 17.0. The Labute approximate surface area is 151 Å². The molecule has 1 amide bonds. The van der Waals surface area contributed by atoms with E-state index in [1.165, 1.54) is 11.3 Å². The van der Waals surface area contributed by atoms with Gasteiger partial charge in [0.05, 0.1) is 5.92 Å². The van der Waals surface area contributed by atoms with E-state index in [-0.39, 0.29) is 30.7 Å². The van der Waals surface area contributed by atoms with Crippen LogP contribution in [0.2, 0.25) is 0 Å². The molecule has 0 radical (unpaired) electrons. The predicted octanol–water partition coefficient (Wildman–Crippen LogP) is 2.49.